The Bertz CT molecular complexity index is 775. The third-order valence-electron chi connectivity index (χ3n) is 5.83. The van der Waals surface area contributed by atoms with Gasteiger partial charge in [0, 0.05) is 23.2 Å². The molecule has 0 saturated heterocycles. The van der Waals surface area contributed by atoms with Crippen LogP contribution in [0.2, 0.25) is 0 Å². The van der Waals surface area contributed by atoms with Gasteiger partial charge < -0.3 is 5.32 Å². The summed E-state index contributed by atoms with van der Waals surface area (Å²) in [7, 11) is 2.22. The molecular formula is C23H28N2OS. The summed E-state index contributed by atoms with van der Waals surface area (Å²) in [4.78, 5) is 16.6. The number of para-hydroxylation sites is 1. The lowest BCUT2D eigenvalue weighted by molar-refractivity contribution is -0.115. The van der Waals surface area contributed by atoms with Gasteiger partial charge in [0.2, 0.25) is 5.91 Å². The molecule has 4 heteroatoms. The highest BCUT2D eigenvalue weighted by atomic mass is 32.2. The average Bonchev–Trinajstić information content (AvgIpc) is 3.14. The Morgan fingerprint density at radius 1 is 1.07 bits per heavy atom. The number of nitrogens with zero attached hydrogens (tertiary/aromatic N) is 1. The van der Waals surface area contributed by atoms with Crippen molar-refractivity contribution in [2.24, 2.45) is 0 Å². The van der Waals surface area contributed by atoms with Crippen LogP contribution in [0.4, 0.5) is 5.69 Å². The van der Waals surface area contributed by atoms with E-state index in [9.17, 15) is 4.79 Å². The van der Waals surface area contributed by atoms with Crippen LogP contribution in [0.1, 0.15) is 43.2 Å². The normalized spacial score (nSPS) is 19.9. The lowest BCUT2D eigenvalue weighted by atomic mass is 9.94. The van der Waals surface area contributed by atoms with Crippen molar-refractivity contribution in [2.75, 3.05) is 12.4 Å². The number of thioether (sulfide) groups is 1. The molecule has 142 valence electrons. The molecule has 1 saturated carbocycles. The second-order valence-corrected chi connectivity index (χ2v) is 9.02. The third-order valence-corrected chi connectivity index (χ3v) is 7.15. The fraction of sp³-hybridized carbons (Fsp3) is 0.435. The highest BCUT2D eigenvalue weighted by molar-refractivity contribution is 8.01. The quantitative estimate of drug-likeness (QED) is 0.783. The van der Waals surface area contributed by atoms with E-state index in [0.29, 0.717) is 6.04 Å². The van der Waals surface area contributed by atoms with E-state index in [1.807, 2.05) is 18.2 Å². The number of nitrogens with one attached hydrogen (secondary N) is 1. The maximum atomic E-state index is 12.9. The SMILES string of the molecule is CN(Cc1ccccc1NC(=O)[C@H]1Cc2ccccc2S1)C1CCCCC1. The number of anilines is 1. The van der Waals surface area contributed by atoms with E-state index >= 15 is 0 Å². The molecule has 3 nitrogen and oxygen atoms in total. The largest absolute Gasteiger partial charge is 0.325 e. The van der Waals surface area contributed by atoms with Crippen molar-refractivity contribution in [2.45, 2.75) is 61.3 Å². The number of carbonyl (C=O) groups is 1. The highest BCUT2D eigenvalue weighted by Gasteiger charge is 2.28. The molecule has 0 spiro atoms. The summed E-state index contributed by atoms with van der Waals surface area (Å²) >= 11 is 1.68. The minimum atomic E-state index is -0.0356. The predicted molar refractivity (Wildman–Crippen MR) is 113 cm³/mol. The first kappa shape index (κ1) is 18.6. The number of benzene rings is 2. The van der Waals surface area contributed by atoms with Gasteiger partial charge in [-0.25, -0.2) is 0 Å². The molecule has 1 aliphatic heterocycles. The van der Waals surface area contributed by atoms with Crippen molar-refractivity contribution in [1.29, 1.82) is 0 Å². The summed E-state index contributed by atoms with van der Waals surface area (Å²) in [5.41, 5.74) is 3.45. The minimum absolute atomic E-state index is 0.0356. The van der Waals surface area contributed by atoms with Gasteiger partial charge in [0.1, 0.15) is 0 Å². The van der Waals surface area contributed by atoms with Crippen LogP contribution < -0.4 is 5.32 Å². The van der Waals surface area contributed by atoms with Crippen LogP contribution in [0.25, 0.3) is 0 Å². The van der Waals surface area contributed by atoms with E-state index in [1.165, 1.54) is 48.1 Å². The smallest absolute Gasteiger partial charge is 0.238 e. The van der Waals surface area contributed by atoms with Crippen LogP contribution in [0.5, 0.6) is 0 Å². The van der Waals surface area contributed by atoms with Gasteiger partial charge in [-0.3, -0.25) is 9.69 Å². The van der Waals surface area contributed by atoms with E-state index < -0.39 is 0 Å². The summed E-state index contributed by atoms with van der Waals surface area (Å²) in [6.45, 7) is 0.888. The lowest BCUT2D eigenvalue weighted by Crippen LogP contribution is -2.33. The molecule has 1 aliphatic carbocycles. The zero-order valence-corrected chi connectivity index (χ0v) is 16.8. The molecule has 0 radical (unpaired) electrons. The van der Waals surface area contributed by atoms with Gasteiger partial charge in [-0.05, 0) is 49.6 Å². The number of hydrogen-bond acceptors (Lipinski definition) is 3. The Kier molecular flexibility index (Phi) is 5.84. The standard InChI is InChI=1S/C23H28N2OS/c1-25(19-11-3-2-4-12-19)16-18-10-5-7-13-20(18)24-23(26)22-15-17-9-6-8-14-21(17)27-22/h5-10,13-14,19,22H,2-4,11-12,15-16H2,1H3,(H,24,26)/t22-/m1/s1. The van der Waals surface area contributed by atoms with Gasteiger partial charge in [-0.2, -0.15) is 0 Å². The predicted octanol–water partition coefficient (Wildman–Crippen LogP) is 5.11. The molecule has 0 bridgehead atoms. The van der Waals surface area contributed by atoms with E-state index in [0.717, 1.165) is 18.7 Å². The summed E-state index contributed by atoms with van der Waals surface area (Å²) in [5.74, 6) is 0.115. The van der Waals surface area contributed by atoms with Crippen molar-refractivity contribution in [3.63, 3.8) is 0 Å². The second-order valence-electron chi connectivity index (χ2n) is 7.77. The van der Waals surface area contributed by atoms with Gasteiger partial charge in [0.05, 0.1) is 5.25 Å². The first-order valence-corrected chi connectivity index (χ1v) is 10.9. The van der Waals surface area contributed by atoms with E-state index in [4.69, 9.17) is 0 Å². The minimum Gasteiger partial charge on any atom is -0.325 e. The Hall–Kier alpha value is -1.78. The van der Waals surface area contributed by atoms with Gasteiger partial charge >= 0.3 is 0 Å². The number of carbonyl (C=O) groups excluding carboxylic acids is 1. The van der Waals surface area contributed by atoms with Gasteiger partial charge in [0.15, 0.2) is 0 Å². The molecule has 4 rings (SSSR count). The van der Waals surface area contributed by atoms with Gasteiger partial charge in [0.25, 0.3) is 0 Å². The molecule has 2 aromatic rings. The number of amides is 1. The van der Waals surface area contributed by atoms with Crippen LogP contribution in [-0.2, 0) is 17.8 Å². The van der Waals surface area contributed by atoms with Crippen molar-refractivity contribution >= 4 is 23.4 Å². The van der Waals surface area contributed by atoms with E-state index in [2.05, 4.69) is 47.6 Å². The molecule has 0 unspecified atom stereocenters. The van der Waals surface area contributed by atoms with Crippen molar-refractivity contribution in [1.82, 2.24) is 4.90 Å². The fourth-order valence-corrected chi connectivity index (χ4v) is 5.44. The molecule has 1 fully saturated rings. The maximum Gasteiger partial charge on any atom is 0.238 e. The monoisotopic (exact) mass is 380 g/mol. The zero-order valence-electron chi connectivity index (χ0n) is 16.0. The Morgan fingerprint density at radius 3 is 2.63 bits per heavy atom. The maximum absolute atomic E-state index is 12.9. The van der Waals surface area contributed by atoms with Crippen LogP contribution in [0.3, 0.4) is 0 Å². The fourth-order valence-electron chi connectivity index (χ4n) is 4.24. The van der Waals surface area contributed by atoms with E-state index in [1.54, 1.807) is 11.8 Å². The molecule has 0 aromatic heterocycles. The van der Waals surface area contributed by atoms with Crippen molar-refractivity contribution in [3.05, 3.63) is 59.7 Å². The molecule has 1 heterocycles. The summed E-state index contributed by atoms with van der Waals surface area (Å²) in [6, 6.07) is 17.3. The molecular weight excluding hydrogens is 352 g/mol. The van der Waals surface area contributed by atoms with Crippen LogP contribution in [0, 0.1) is 0 Å². The van der Waals surface area contributed by atoms with Crippen molar-refractivity contribution < 1.29 is 4.79 Å². The summed E-state index contributed by atoms with van der Waals surface area (Å²) in [5, 5.41) is 3.17. The lowest BCUT2D eigenvalue weighted by Gasteiger charge is -2.31. The molecule has 1 amide bonds. The molecule has 2 aliphatic rings. The Morgan fingerprint density at radius 2 is 1.81 bits per heavy atom. The number of hydrogen-bond donors (Lipinski definition) is 1. The third kappa shape index (κ3) is 4.39. The molecule has 27 heavy (non-hydrogen) atoms. The Balaban J connectivity index is 1.41. The first-order valence-electron chi connectivity index (χ1n) is 10.0. The highest BCUT2D eigenvalue weighted by Crippen LogP contribution is 2.37. The Labute approximate surface area is 166 Å². The van der Waals surface area contributed by atoms with Gasteiger partial charge in [-0.15, -0.1) is 11.8 Å². The van der Waals surface area contributed by atoms with Gasteiger partial charge in [-0.1, -0.05) is 55.7 Å². The van der Waals surface area contributed by atoms with E-state index in [-0.39, 0.29) is 11.2 Å². The topological polar surface area (TPSA) is 32.3 Å². The van der Waals surface area contributed by atoms with Crippen LogP contribution >= 0.6 is 11.8 Å². The molecule has 1 N–H and O–H groups in total. The summed E-state index contributed by atoms with van der Waals surface area (Å²) in [6.07, 6.45) is 7.46. The van der Waals surface area contributed by atoms with Crippen LogP contribution in [0.15, 0.2) is 53.4 Å². The first-order chi connectivity index (χ1) is 13.2. The van der Waals surface area contributed by atoms with Crippen molar-refractivity contribution in [3.8, 4) is 0 Å². The molecule has 1 atom stereocenters. The zero-order chi connectivity index (χ0) is 18.6. The number of fused-ring (bicyclic) bond motifs is 1. The van der Waals surface area contributed by atoms with Crippen LogP contribution in [-0.4, -0.2) is 29.1 Å². The second kappa shape index (κ2) is 8.49. The summed E-state index contributed by atoms with van der Waals surface area (Å²) < 4.78 is 0. The molecule has 2 aromatic carbocycles. The number of rotatable bonds is 5. The average molecular weight is 381 g/mol.